The van der Waals surface area contributed by atoms with Gasteiger partial charge >= 0.3 is 0 Å². The lowest BCUT2D eigenvalue weighted by molar-refractivity contribution is -0.140. The molecule has 0 bridgehead atoms. The highest BCUT2D eigenvalue weighted by molar-refractivity contribution is 5.88. The molecule has 0 aliphatic carbocycles. The second-order valence-electron chi connectivity index (χ2n) is 7.73. The number of benzene rings is 2. The highest BCUT2D eigenvalue weighted by Gasteiger charge is 2.28. The van der Waals surface area contributed by atoms with E-state index in [2.05, 4.69) is 17.4 Å². The largest absolute Gasteiger partial charge is 0.352 e. The lowest BCUT2D eigenvalue weighted by atomic mass is 10.0. The Bertz CT molecular complexity index is 788. The van der Waals surface area contributed by atoms with Gasteiger partial charge in [-0.3, -0.25) is 9.59 Å². The van der Waals surface area contributed by atoms with Crippen LogP contribution in [0, 0.1) is 6.92 Å². The van der Waals surface area contributed by atoms with Crippen LogP contribution >= 0.6 is 0 Å². The van der Waals surface area contributed by atoms with Crippen molar-refractivity contribution < 1.29 is 9.59 Å². The molecule has 2 rings (SSSR count). The first-order chi connectivity index (χ1) is 13.9. The minimum Gasteiger partial charge on any atom is -0.352 e. The molecule has 2 amide bonds. The maximum Gasteiger partial charge on any atom is 0.243 e. The van der Waals surface area contributed by atoms with Crippen LogP contribution in [0.3, 0.4) is 0 Å². The number of aryl methyl sites for hydroxylation is 1. The molecule has 0 fully saturated rings. The molecule has 0 aliphatic heterocycles. The topological polar surface area (TPSA) is 49.4 Å². The highest BCUT2D eigenvalue weighted by Crippen LogP contribution is 2.13. The van der Waals surface area contributed by atoms with Gasteiger partial charge in [-0.2, -0.15) is 0 Å². The Labute approximate surface area is 175 Å². The van der Waals surface area contributed by atoms with E-state index in [1.165, 1.54) is 0 Å². The normalized spacial score (nSPS) is 12.8. The van der Waals surface area contributed by atoms with Crippen molar-refractivity contribution in [2.45, 2.75) is 65.5 Å². The van der Waals surface area contributed by atoms with E-state index in [9.17, 15) is 9.59 Å². The van der Waals surface area contributed by atoms with E-state index in [1.54, 1.807) is 4.90 Å². The lowest BCUT2D eigenvalue weighted by Gasteiger charge is -2.31. The number of nitrogens with one attached hydrogen (secondary N) is 1. The van der Waals surface area contributed by atoms with Crippen LogP contribution in [0.15, 0.2) is 54.6 Å². The third kappa shape index (κ3) is 7.04. The predicted octanol–water partition coefficient (Wildman–Crippen LogP) is 4.30. The molecule has 2 atom stereocenters. The van der Waals surface area contributed by atoms with Gasteiger partial charge in [-0.05, 0) is 44.2 Å². The molecular formula is C25H34N2O2. The standard InChI is InChI=1S/C25H34N2O2/c1-5-20(4)26-25(29)23(6-2)27(16-15-21-12-8-7-9-13-21)24(28)18-22-14-10-11-19(3)17-22/h7-14,17,20,23H,5-6,15-16,18H2,1-4H3,(H,26,29)/t20-,23+/m1/s1. The first-order valence-electron chi connectivity index (χ1n) is 10.6. The molecule has 29 heavy (non-hydrogen) atoms. The number of hydrogen-bond acceptors (Lipinski definition) is 2. The van der Waals surface area contributed by atoms with Crippen LogP contribution in [0.4, 0.5) is 0 Å². The fourth-order valence-electron chi connectivity index (χ4n) is 3.44. The van der Waals surface area contributed by atoms with Crippen LogP contribution in [-0.4, -0.2) is 35.3 Å². The monoisotopic (exact) mass is 394 g/mol. The van der Waals surface area contributed by atoms with Crippen molar-refractivity contribution in [3.05, 3.63) is 71.3 Å². The van der Waals surface area contributed by atoms with Crippen LogP contribution in [-0.2, 0) is 22.4 Å². The molecule has 0 heterocycles. The molecule has 0 radical (unpaired) electrons. The van der Waals surface area contributed by atoms with Crippen LogP contribution in [0.1, 0.15) is 50.3 Å². The van der Waals surface area contributed by atoms with Gasteiger partial charge in [0.1, 0.15) is 6.04 Å². The molecular weight excluding hydrogens is 360 g/mol. The van der Waals surface area contributed by atoms with E-state index in [1.807, 2.05) is 70.2 Å². The van der Waals surface area contributed by atoms with E-state index in [4.69, 9.17) is 0 Å². The van der Waals surface area contributed by atoms with Crippen molar-refractivity contribution >= 4 is 11.8 Å². The van der Waals surface area contributed by atoms with Crippen molar-refractivity contribution in [1.29, 1.82) is 0 Å². The first kappa shape index (κ1) is 22.7. The maximum atomic E-state index is 13.3. The van der Waals surface area contributed by atoms with Gasteiger partial charge in [0.25, 0.3) is 0 Å². The van der Waals surface area contributed by atoms with Gasteiger partial charge < -0.3 is 10.2 Å². The number of rotatable bonds is 10. The lowest BCUT2D eigenvalue weighted by Crippen LogP contribution is -2.52. The average molecular weight is 395 g/mol. The molecule has 0 aromatic heterocycles. The summed E-state index contributed by atoms with van der Waals surface area (Å²) in [6.07, 6.45) is 2.50. The van der Waals surface area contributed by atoms with Crippen molar-refractivity contribution in [3.63, 3.8) is 0 Å². The molecule has 4 heteroatoms. The van der Waals surface area contributed by atoms with Crippen LogP contribution in [0.2, 0.25) is 0 Å². The summed E-state index contributed by atoms with van der Waals surface area (Å²) in [4.78, 5) is 27.9. The second-order valence-corrected chi connectivity index (χ2v) is 7.73. The summed E-state index contributed by atoms with van der Waals surface area (Å²) in [5.74, 6) is -0.0646. The van der Waals surface area contributed by atoms with Crippen molar-refractivity contribution in [1.82, 2.24) is 10.2 Å². The molecule has 0 aliphatic rings. The number of carbonyl (C=O) groups is 2. The molecule has 2 aromatic carbocycles. The van der Waals surface area contributed by atoms with Crippen molar-refractivity contribution in [3.8, 4) is 0 Å². The smallest absolute Gasteiger partial charge is 0.243 e. The van der Waals surface area contributed by atoms with E-state index in [0.717, 1.165) is 29.5 Å². The Hall–Kier alpha value is -2.62. The first-order valence-corrected chi connectivity index (χ1v) is 10.6. The summed E-state index contributed by atoms with van der Waals surface area (Å²) in [6, 6.07) is 17.8. The Balaban J connectivity index is 2.20. The number of amides is 2. The fraction of sp³-hybridized carbons (Fsp3) is 0.440. The molecule has 0 saturated heterocycles. The minimum absolute atomic E-state index is 0.00215. The van der Waals surface area contributed by atoms with Gasteiger partial charge in [-0.1, -0.05) is 74.0 Å². The summed E-state index contributed by atoms with van der Waals surface area (Å²) in [6.45, 7) is 8.56. The summed E-state index contributed by atoms with van der Waals surface area (Å²) in [7, 11) is 0. The molecule has 4 nitrogen and oxygen atoms in total. The van der Waals surface area contributed by atoms with E-state index < -0.39 is 6.04 Å². The van der Waals surface area contributed by atoms with Crippen LogP contribution in [0.5, 0.6) is 0 Å². The third-order valence-corrected chi connectivity index (χ3v) is 5.31. The van der Waals surface area contributed by atoms with Crippen molar-refractivity contribution in [2.75, 3.05) is 6.54 Å². The van der Waals surface area contributed by atoms with Gasteiger partial charge in [-0.25, -0.2) is 0 Å². The molecule has 1 N–H and O–H groups in total. The summed E-state index contributed by atoms with van der Waals surface area (Å²) in [5, 5.41) is 3.05. The van der Waals surface area contributed by atoms with Crippen LogP contribution in [0.25, 0.3) is 0 Å². The summed E-state index contributed by atoms with van der Waals surface area (Å²) >= 11 is 0. The molecule has 156 valence electrons. The molecule has 0 spiro atoms. The number of hydrogen-bond donors (Lipinski definition) is 1. The zero-order chi connectivity index (χ0) is 21.2. The number of nitrogens with zero attached hydrogens (tertiary/aromatic N) is 1. The van der Waals surface area contributed by atoms with Gasteiger partial charge in [0.2, 0.25) is 11.8 Å². The maximum absolute atomic E-state index is 13.3. The van der Waals surface area contributed by atoms with E-state index in [-0.39, 0.29) is 17.9 Å². The summed E-state index contributed by atoms with van der Waals surface area (Å²) in [5.41, 5.74) is 3.28. The Kier molecular flexibility index (Phi) is 8.91. The van der Waals surface area contributed by atoms with E-state index in [0.29, 0.717) is 19.4 Å². The van der Waals surface area contributed by atoms with Gasteiger partial charge in [0.05, 0.1) is 6.42 Å². The van der Waals surface area contributed by atoms with E-state index >= 15 is 0 Å². The number of carbonyl (C=O) groups excluding carboxylic acids is 2. The molecule has 0 unspecified atom stereocenters. The molecule has 2 aromatic rings. The molecule has 0 saturated carbocycles. The van der Waals surface area contributed by atoms with Crippen molar-refractivity contribution in [2.24, 2.45) is 0 Å². The Morgan fingerprint density at radius 3 is 2.28 bits per heavy atom. The van der Waals surface area contributed by atoms with Crippen LogP contribution < -0.4 is 5.32 Å². The predicted molar refractivity (Wildman–Crippen MR) is 119 cm³/mol. The average Bonchev–Trinajstić information content (AvgIpc) is 2.71. The summed E-state index contributed by atoms with van der Waals surface area (Å²) < 4.78 is 0. The Morgan fingerprint density at radius 2 is 1.66 bits per heavy atom. The zero-order valence-corrected chi connectivity index (χ0v) is 18.2. The van der Waals surface area contributed by atoms with Gasteiger partial charge in [0.15, 0.2) is 0 Å². The Morgan fingerprint density at radius 1 is 0.966 bits per heavy atom. The fourth-order valence-corrected chi connectivity index (χ4v) is 3.44. The minimum atomic E-state index is -0.454. The third-order valence-electron chi connectivity index (χ3n) is 5.31. The second kappa shape index (κ2) is 11.4. The van der Waals surface area contributed by atoms with Gasteiger partial charge in [0, 0.05) is 12.6 Å². The highest BCUT2D eigenvalue weighted by atomic mass is 16.2. The van der Waals surface area contributed by atoms with Gasteiger partial charge in [-0.15, -0.1) is 0 Å². The zero-order valence-electron chi connectivity index (χ0n) is 18.2. The SMILES string of the molecule is CC[C@@H](C)NC(=O)[C@H](CC)N(CCc1ccccc1)C(=O)Cc1cccc(C)c1. The quantitative estimate of drug-likeness (QED) is 0.653.